The standard InChI is InChI=1S/C16H36P.C2HF6NO4S2/c1-5-9-13-17(14-10-6-2,15-11-7-3)16-12-8-4;3-1(4,5)14(10,11)9-15(12,13)2(6,7)8/h5-16H2,1-4H3;9H/q+1;. The van der Waals surface area contributed by atoms with Gasteiger partial charge in [-0.1, -0.05) is 57.5 Å². The summed E-state index contributed by atoms with van der Waals surface area (Å²) in [5.41, 5.74) is -12.3. The normalized spacial score (nSPS) is 13.6. The predicted octanol–water partition coefficient (Wildman–Crippen LogP) is 6.48. The van der Waals surface area contributed by atoms with Crippen LogP contribution in [0.1, 0.15) is 79.1 Å². The topological polar surface area (TPSA) is 80.3 Å². The van der Waals surface area contributed by atoms with Crippen molar-refractivity contribution in [3.63, 3.8) is 0 Å². The first-order valence-electron chi connectivity index (χ1n) is 10.7. The number of rotatable bonds is 14. The third kappa shape index (κ3) is 12.9. The van der Waals surface area contributed by atoms with Gasteiger partial charge in [0.1, 0.15) is 0 Å². The minimum atomic E-state index is -6.60. The van der Waals surface area contributed by atoms with Crippen molar-refractivity contribution in [3.05, 3.63) is 0 Å². The van der Waals surface area contributed by atoms with E-state index in [1.54, 1.807) is 24.6 Å². The van der Waals surface area contributed by atoms with Crippen molar-refractivity contribution in [2.75, 3.05) is 24.6 Å². The van der Waals surface area contributed by atoms with Gasteiger partial charge in [-0.15, -0.1) is 0 Å². The highest BCUT2D eigenvalue weighted by Crippen LogP contribution is 2.61. The molecule has 1 N–H and O–H groups in total. The Morgan fingerprint density at radius 1 is 0.562 bits per heavy atom. The fourth-order valence-corrected chi connectivity index (χ4v) is 10.1. The van der Waals surface area contributed by atoms with Gasteiger partial charge in [0, 0.05) is 7.26 Å². The molecule has 0 aliphatic heterocycles. The Bertz CT molecular complexity index is 630. The number of hydrogen-bond acceptors (Lipinski definition) is 4. The lowest BCUT2D eigenvalue weighted by Gasteiger charge is -2.28. The van der Waals surface area contributed by atoms with E-state index in [2.05, 4.69) is 27.7 Å². The molecule has 0 atom stereocenters. The van der Waals surface area contributed by atoms with Gasteiger partial charge in [0.05, 0.1) is 24.6 Å². The van der Waals surface area contributed by atoms with E-state index in [0.717, 1.165) is 0 Å². The second-order valence-corrected chi connectivity index (χ2v) is 15.7. The maximum Gasteiger partial charge on any atom is 0.512 e. The Morgan fingerprint density at radius 3 is 0.938 bits per heavy atom. The molecule has 5 nitrogen and oxygen atoms in total. The Labute approximate surface area is 189 Å². The zero-order valence-corrected chi connectivity index (χ0v) is 21.7. The SMILES string of the molecule is CCCC[P+](CCCC)(CCCC)CCCC.O=S(=O)(NS(=O)(=O)C(F)(F)F)C(F)(F)F. The summed E-state index contributed by atoms with van der Waals surface area (Å²) in [6.07, 6.45) is 17.9. The number of unbranched alkanes of at least 4 members (excludes halogenated alkanes) is 4. The summed E-state index contributed by atoms with van der Waals surface area (Å²) in [6.45, 7) is 9.42. The van der Waals surface area contributed by atoms with Crippen LogP contribution in [-0.4, -0.2) is 52.5 Å². The third-order valence-electron chi connectivity index (χ3n) is 4.77. The van der Waals surface area contributed by atoms with Gasteiger partial charge in [0.25, 0.3) is 0 Å². The van der Waals surface area contributed by atoms with Crippen LogP contribution in [0, 0.1) is 0 Å². The molecule has 0 aromatic rings. The van der Waals surface area contributed by atoms with Crippen LogP contribution in [-0.2, 0) is 20.0 Å². The van der Waals surface area contributed by atoms with Crippen LogP contribution in [0.4, 0.5) is 26.3 Å². The smallest absolute Gasteiger partial charge is 0.202 e. The van der Waals surface area contributed by atoms with Gasteiger partial charge in [-0.05, 0) is 25.7 Å². The van der Waals surface area contributed by atoms with Crippen LogP contribution >= 0.6 is 7.26 Å². The molecule has 0 heterocycles. The summed E-state index contributed by atoms with van der Waals surface area (Å²) >= 11 is 0. The summed E-state index contributed by atoms with van der Waals surface area (Å²) in [7, 11) is -13.8. The number of hydrogen-bond donors (Lipinski definition) is 1. The predicted molar refractivity (Wildman–Crippen MR) is 119 cm³/mol. The van der Waals surface area contributed by atoms with Gasteiger partial charge < -0.3 is 0 Å². The van der Waals surface area contributed by atoms with Crippen molar-refractivity contribution in [3.8, 4) is 0 Å². The number of alkyl halides is 6. The Balaban J connectivity index is 0. The van der Waals surface area contributed by atoms with Crippen LogP contribution < -0.4 is 4.13 Å². The largest absolute Gasteiger partial charge is 0.512 e. The second-order valence-electron chi connectivity index (χ2n) is 7.63. The van der Waals surface area contributed by atoms with Crippen LogP contribution in [0.15, 0.2) is 0 Å². The van der Waals surface area contributed by atoms with Crippen LogP contribution in [0.3, 0.4) is 0 Å². The number of nitrogens with one attached hydrogen (secondary N) is 1. The number of sulfonamides is 2. The van der Waals surface area contributed by atoms with E-state index in [1.807, 2.05) is 0 Å². The highest BCUT2D eigenvalue weighted by molar-refractivity contribution is 8.05. The molecular formula is C18H37F6NO4PS2+. The zero-order chi connectivity index (χ0) is 25.7. The van der Waals surface area contributed by atoms with E-state index in [1.165, 1.54) is 51.4 Å². The molecule has 0 aliphatic carbocycles. The molecular weight excluding hydrogens is 503 g/mol. The van der Waals surface area contributed by atoms with Gasteiger partial charge in [0.2, 0.25) is 0 Å². The van der Waals surface area contributed by atoms with Crippen LogP contribution in [0.25, 0.3) is 0 Å². The van der Waals surface area contributed by atoms with Gasteiger partial charge in [0.15, 0.2) is 0 Å². The zero-order valence-electron chi connectivity index (χ0n) is 19.1. The summed E-state index contributed by atoms with van der Waals surface area (Å²) in [5.74, 6) is 0. The minimum Gasteiger partial charge on any atom is -0.202 e. The fraction of sp³-hybridized carbons (Fsp3) is 1.00. The summed E-state index contributed by atoms with van der Waals surface area (Å²) in [6, 6.07) is 0. The summed E-state index contributed by atoms with van der Waals surface area (Å²) in [5, 5.41) is 0. The third-order valence-corrected chi connectivity index (χ3v) is 12.8. The van der Waals surface area contributed by atoms with Gasteiger partial charge in [-0.2, -0.15) is 26.3 Å². The quantitative estimate of drug-likeness (QED) is 0.202. The Kier molecular flexibility index (Phi) is 15.9. The minimum absolute atomic E-state index is 0.493. The van der Waals surface area contributed by atoms with Gasteiger partial charge in [-0.25, -0.2) is 16.8 Å². The molecule has 0 radical (unpaired) electrons. The lowest BCUT2D eigenvalue weighted by atomic mass is 10.4. The summed E-state index contributed by atoms with van der Waals surface area (Å²) < 4.78 is 108. The van der Waals surface area contributed by atoms with Crippen molar-refractivity contribution in [2.24, 2.45) is 0 Å². The molecule has 0 amide bonds. The molecule has 0 saturated carbocycles. The molecule has 32 heavy (non-hydrogen) atoms. The fourth-order valence-electron chi connectivity index (χ4n) is 2.88. The van der Waals surface area contributed by atoms with Crippen molar-refractivity contribution in [1.29, 1.82) is 0 Å². The van der Waals surface area contributed by atoms with Crippen molar-refractivity contribution in [1.82, 2.24) is 4.13 Å². The molecule has 0 bridgehead atoms. The maximum atomic E-state index is 11.5. The molecule has 14 heteroatoms. The second kappa shape index (κ2) is 15.0. The lowest BCUT2D eigenvalue weighted by molar-refractivity contribution is -0.0476. The van der Waals surface area contributed by atoms with Crippen molar-refractivity contribution in [2.45, 2.75) is 90.1 Å². The lowest BCUT2D eigenvalue weighted by Crippen LogP contribution is -2.45. The van der Waals surface area contributed by atoms with E-state index in [9.17, 15) is 43.2 Å². The van der Waals surface area contributed by atoms with Gasteiger partial charge >= 0.3 is 31.1 Å². The van der Waals surface area contributed by atoms with E-state index in [4.69, 9.17) is 0 Å². The first kappa shape index (κ1) is 34.0. The molecule has 0 aromatic heterocycles. The highest BCUT2D eigenvalue weighted by atomic mass is 32.3. The molecule has 0 saturated heterocycles. The maximum absolute atomic E-state index is 11.5. The van der Waals surface area contributed by atoms with E-state index in [-0.39, 0.29) is 0 Å². The van der Waals surface area contributed by atoms with Crippen molar-refractivity contribution < 1.29 is 43.2 Å². The molecule has 0 aliphatic rings. The molecule has 0 fully saturated rings. The van der Waals surface area contributed by atoms with E-state index in [0.29, 0.717) is 0 Å². The monoisotopic (exact) mass is 540 g/mol. The van der Waals surface area contributed by atoms with Crippen LogP contribution in [0.5, 0.6) is 0 Å². The average molecular weight is 541 g/mol. The molecule has 0 aromatic carbocycles. The number of halogens is 6. The molecule has 0 spiro atoms. The Morgan fingerprint density at radius 2 is 0.781 bits per heavy atom. The molecule has 196 valence electrons. The van der Waals surface area contributed by atoms with Gasteiger partial charge in [-0.3, -0.25) is 0 Å². The van der Waals surface area contributed by atoms with Crippen LogP contribution in [0.2, 0.25) is 0 Å². The first-order valence-corrected chi connectivity index (χ1v) is 16.2. The van der Waals surface area contributed by atoms with E-state index >= 15 is 0 Å². The highest BCUT2D eigenvalue weighted by Gasteiger charge is 2.55. The van der Waals surface area contributed by atoms with E-state index < -0.39 is 42.5 Å². The van der Waals surface area contributed by atoms with Crippen molar-refractivity contribution >= 4 is 27.3 Å². The summed E-state index contributed by atoms with van der Waals surface area (Å²) in [4.78, 5) is 0. The first-order chi connectivity index (χ1) is 14.4. The Hall–Kier alpha value is -0.130. The molecule has 0 unspecified atom stereocenters. The molecule has 0 rings (SSSR count). The average Bonchev–Trinajstić information content (AvgIpc) is 2.65.